The highest BCUT2D eigenvalue weighted by atomic mass is 16.6. The SMILES string of the molecule is CC1(C)[C@H]2CC[C@@]1(C)/C(=N\OC[C@@H](O)CN1CCN(C[C@@H](O)CO/C=C3\C[C@H]4CC[C@]3(C)C4(C)C)CC1)C2. The summed E-state index contributed by atoms with van der Waals surface area (Å²) in [5, 5.41) is 25.6. The lowest BCUT2D eigenvalue weighted by atomic mass is 9.69. The maximum absolute atomic E-state index is 10.6. The zero-order valence-electron chi connectivity index (χ0n) is 24.8. The van der Waals surface area contributed by atoms with Gasteiger partial charge < -0.3 is 19.8 Å². The molecule has 5 fully saturated rings. The predicted octanol–water partition coefficient (Wildman–Crippen LogP) is 4.29. The van der Waals surface area contributed by atoms with E-state index < -0.39 is 12.2 Å². The van der Waals surface area contributed by atoms with Gasteiger partial charge in [-0.3, -0.25) is 9.80 Å². The predicted molar refractivity (Wildman–Crippen MR) is 151 cm³/mol. The van der Waals surface area contributed by atoms with Crippen molar-refractivity contribution in [2.45, 2.75) is 92.3 Å². The quantitative estimate of drug-likeness (QED) is 0.324. The van der Waals surface area contributed by atoms with Gasteiger partial charge in [-0.2, -0.15) is 0 Å². The van der Waals surface area contributed by atoms with E-state index in [9.17, 15) is 10.2 Å². The van der Waals surface area contributed by atoms with Crippen LogP contribution in [0, 0.1) is 33.5 Å². The molecule has 38 heavy (non-hydrogen) atoms. The molecule has 4 aliphatic carbocycles. The maximum Gasteiger partial charge on any atom is 0.144 e. The van der Waals surface area contributed by atoms with Crippen LogP contribution in [0.25, 0.3) is 0 Å². The van der Waals surface area contributed by atoms with Crippen molar-refractivity contribution < 1.29 is 19.8 Å². The lowest BCUT2D eigenvalue weighted by Gasteiger charge is -2.36. The second-order valence-electron chi connectivity index (χ2n) is 14.7. The summed E-state index contributed by atoms with van der Waals surface area (Å²) in [5.74, 6) is 1.47. The molecule has 0 unspecified atom stereocenters. The number of hydrogen-bond donors (Lipinski definition) is 2. The van der Waals surface area contributed by atoms with E-state index in [1.54, 1.807) is 0 Å². The molecule has 0 aromatic carbocycles. The number of ether oxygens (including phenoxy) is 1. The second kappa shape index (κ2) is 10.4. The Bertz CT molecular complexity index is 850. The lowest BCUT2D eigenvalue weighted by Crippen LogP contribution is -2.51. The number of nitrogens with zero attached hydrogens (tertiary/aromatic N) is 3. The van der Waals surface area contributed by atoms with Gasteiger partial charge in [0.2, 0.25) is 0 Å². The van der Waals surface area contributed by atoms with E-state index in [1.807, 2.05) is 6.26 Å². The topological polar surface area (TPSA) is 77.8 Å². The average molecular weight is 532 g/mol. The van der Waals surface area contributed by atoms with Gasteiger partial charge in [0.1, 0.15) is 25.4 Å². The first-order valence-electron chi connectivity index (χ1n) is 15.2. The van der Waals surface area contributed by atoms with Gasteiger partial charge in [0.05, 0.1) is 12.0 Å². The number of piperazine rings is 1. The zero-order chi connectivity index (χ0) is 27.3. The molecule has 0 spiro atoms. The minimum Gasteiger partial charge on any atom is -0.498 e. The molecule has 1 aliphatic heterocycles. The van der Waals surface area contributed by atoms with Crippen LogP contribution in [-0.2, 0) is 9.57 Å². The Hall–Kier alpha value is -1.15. The van der Waals surface area contributed by atoms with Crippen molar-refractivity contribution >= 4 is 5.71 Å². The first kappa shape index (κ1) is 28.4. The number of oxime groups is 1. The first-order valence-corrected chi connectivity index (χ1v) is 15.2. The number of β-amino-alcohol motifs (C(OH)–C–C–N with tert-alkyl or cyclic N) is 2. The number of rotatable bonds is 10. The molecule has 4 bridgehead atoms. The summed E-state index contributed by atoms with van der Waals surface area (Å²) in [6.07, 6.45) is 8.16. The van der Waals surface area contributed by atoms with Crippen molar-refractivity contribution in [3.05, 3.63) is 11.8 Å². The standard InChI is InChI=1S/C31H53N3O4/c1-28(2)22-7-9-30(28,5)24(15-22)19-37-20-25(35)17-33-11-13-34(14-12-33)18-26(36)21-38-32-27-16-23-8-10-31(27,6)29(23,3)4/h19,22-23,25-26,35-36H,7-18,20-21H2,1-6H3/b24-19+,32-27-/t22-,23+,25-,26+,30+,31+/m1/s1. The Labute approximate surface area is 230 Å². The molecule has 0 aromatic rings. The van der Waals surface area contributed by atoms with Gasteiger partial charge in [-0.05, 0) is 72.2 Å². The van der Waals surface area contributed by atoms with E-state index in [1.165, 1.54) is 37.0 Å². The Morgan fingerprint density at radius 2 is 1.34 bits per heavy atom. The highest BCUT2D eigenvalue weighted by molar-refractivity contribution is 5.93. The third-order valence-electron chi connectivity index (χ3n) is 12.5. The zero-order valence-corrected chi connectivity index (χ0v) is 24.8. The molecule has 0 aromatic heterocycles. The van der Waals surface area contributed by atoms with Crippen molar-refractivity contribution in [2.75, 3.05) is 52.5 Å². The number of fused-ring (bicyclic) bond motifs is 4. The summed E-state index contributed by atoms with van der Waals surface area (Å²) >= 11 is 0. The summed E-state index contributed by atoms with van der Waals surface area (Å²) in [5.41, 5.74) is 3.63. The van der Waals surface area contributed by atoms with Crippen molar-refractivity contribution in [2.24, 2.45) is 38.7 Å². The van der Waals surface area contributed by atoms with Gasteiger partial charge >= 0.3 is 0 Å². The van der Waals surface area contributed by atoms with Gasteiger partial charge in [-0.25, -0.2) is 0 Å². The number of hydrogen-bond acceptors (Lipinski definition) is 7. The maximum atomic E-state index is 10.6. The van der Waals surface area contributed by atoms with Gasteiger partial charge in [0, 0.05) is 44.7 Å². The van der Waals surface area contributed by atoms with Crippen LogP contribution in [0.5, 0.6) is 0 Å². The highest BCUT2D eigenvalue weighted by Crippen LogP contribution is 2.68. The Balaban J connectivity index is 0.977. The van der Waals surface area contributed by atoms with Crippen molar-refractivity contribution in [1.82, 2.24) is 9.80 Å². The van der Waals surface area contributed by atoms with Gasteiger partial charge in [0.15, 0.2) is 0 Å². The van der Waals surface area contributed by atoms with E-state index in [0.29, 0.717) is 31.0 Å². The molecule has 1 saturated heterocycles. The van der Waals surface area contributed by atoms with Crippen LogP contribution in [0.2, 0.25) is 0 Å². The molecule has 0 amide bonds. The Morgan fingerprint density at radius 1 is 0.816 bits per heavy atom. The molecule has 5 rings (SSSR count). The smallest absolute Gasteiger partial charge is 0.144 e. The monoisotopic (exact) mass is 531 g/mol. The molecule has 7 nitrogen and oxygen atoms in total. The van der Waals surface area contributed by atoms with E-state index in [-0.39, 0.29) is 22.9 Å². The first-order chi connectivity index (χ1) is 17.9. The highest BCUT2D eigenvalue weighted by Gasteiger charge is 2.60. The molecule has 4 saturated carbocycles. The molecule has 2 N–H and O–H groups in total. The second-order valence-corrected chi connectivity index (χ2v) is 14.7. The third-order valence-corrected chi connectivity index (χ3v) is 12.5. The minimum absolute atomic E-state index is 0.136. The fraction of sp³-hybridized carbons (Fsp3) is 0.903. The normalized spacial score (nSPS) is 39.8. The molecule has 6 atom stereocenters. The number of allylic oxidation sites excluding steroid dienone is 1. The molecule has 0 radical (unpaired) electrons. The fourth-order valence-corrected chi connectivity index (χ4v) is 8.58. The molecule has 7 heteroatoms. The van der Waals surface area contributed by atoms with Crippen molar-refractivity contribution in [3.8, 4) is 0 Å². The third kappa shape index (κ3) is 4.84. The average Bonchev–Trinajstić information content (AvgIpc) is 3.37. The van der Waals surface area contributed by atoms with Crippen LogP contribution in [0.3, 0.4) is 0 Å². The molecular formula is C31H53N3O4. The van der Waals surface area contributed by atoms with Gasteiger partial charge in [-0.15, -0.1) is 0 Å². The van der Waals surface area contributed by atoms with Crippen molar-refractivity contribution in [1.29, 1.82) is 0 Å². The number of aliphatic hydroxyl groups is 2. The van der Waals surface area contributed by atoms with Gasteiger partial charge in [0.25, 0.3) is 0 Å². The van der Waals surface area contributed by atoms with E-state index in [0.717, 1.165) is 44.9 Å². The van der Waals surface area contributed by atoms with E-state index in [4.69, 9.17) is 9.57 Å². The summed E-state index contributed by atoms with van der Waals surface area (Å²) in [4.78, 5) is 10.2. The molecule has 216 valence electrons. The molecular weight excluding hydrogens is 478 g/mol. The Kier molecular flexibility index (Phi) is 7.73. The number of aliphatic hydroxyl groups excluding tert-OH is 2. The van der Waals surface area contributed by atoms with Gasteiger partial charge in [-0.1, -0.05) is 46.7 Å². The molecule has 1 heterocycles. The lowest BCUT2D eigenvalue weighted by molar-refractivity contribution is -0.00100. The van der Waals surface area contributed by atoms with Crippen LogP contribution in [0.1, 0.15) is 80.1 Å². The fourth-order valence-electron chi connectivity index (χ4n) is 8.58. The van der Waals surface area contributed by atoms with Crippen LogP contribution in [0.15, 0.2) is 17.0 Å². The van der Waals surface area contributed by atoms with Crippen LogP contribution in [-0.4, -0.2) is 90.4 Å². The van der Waals surface area contributed by atoms with E-state index >= 15 is 0 Å². The minimum atomic E-state index is -0.546. The molecule has 5 aliphatic rings. The van der Waals surface area contributed by atoms with Crippen molar-refractivity contribution in [3.63, 3.8) is 0 Å². The largest absolute Gasteiger partial charge is 0.498 e. The Morgan fingerprint density at radius 3 is 1.82 bits per heavy atom. The van der Waals surface area contributed by atoms with Crippen LogP contribution >= 0.6 is 0 Å². The summed E-state index contributed by atoms with van der Waals surface area (Å²) in [6.45, 7) is 19.6. The van der Waals surface area contributed by atoms with Crippen LogP contribution in [0.4, 0.5) is 0 Å². The van der Waals surface area contributed by atoms with E-state index in [2.05, 4.69) is 56.5 Å². The van der Waals surface area contributed by atoms with Crippen LogP contribution < -0.4 is 0 Å². The summed E-state index contributed by atoms with van der Waals surface area (Å²) in [7, 11) is 0. The summed E-state index contributed by atoms with van der Waals surface area (Å²) in [6, 6.07) is 0. The summed E-state index contributed by atoms with van der Waals surface area (Å²) < 4.78 is 5.91.